The molecule has 0 aromatic heterocycles. The van der Waals surface area contributed by atoms with Crippen LogP contribution in [0.15, 0.2) is 46.5 Å². The van der Waals surface area contributed by atoms with Crippen LogP contribution in [0.25, 0.3) is 0 Å². The van der Waals surface area contributed by atoms with Gasteiger partial charge in [-0.25, -0.2) is 4.79 Å². The van der Waals surface area contributed by atoms with E-state index in [4.69, 9.17) is 9.47 Å². The molecule has 0 N–H and O–H groups in total. The monoisotopic (exact) mass is 412 g/mol. The molecule has 1 aliphatic carbocycles. The van der Waals surface area contributed by atoms with E-state index in [9.17, 15) is 14.4 Å². The first-order valence-corrected chi connectivity index (χ1v) is 11.2. The van der Waals surface area contributed by atoms with Crippen molar-refractivity contribution in [1.82, 2.24) is 0 Å². The third kappa shape index (κ3) is 4.50. The van der Waals surface area contributed by atoms with Crippen molar-refractivity contribution in [3.63, 3.8) is 0 Å². The number of Topliss-reactive ketones (excluding diaryl/α,β-unsaturated/α-hetero) is 1. The normalized spacial score (nSPS) is 22.6. The lowest BCUT2D eigenvalue weighted by molar-refractivity contribution is -0.152. The lowest BCUT2D eigenvalue weighted by Gasteiger charge is -2.31. The number of carbonyl (C=O) groups excluding carboxylic acids is 3. The van der Waals surface area contributed by atoms with E-state index in [2.05, 4.69) is 6.92 Å². The Bertz CT molecular complexity index is 855. The predicted octanol–water partition coefficient (Wildman–Crippen LogP) is 5.42. The summed E-state index contributed by atoms with van der Waals surface area (Å²) < 4.78 is 10.9. The summed E-state index contributed by atoms with van der Waals surface area (Å²) in [6.45, 7) is 5.56. The summed E-state index contributed by atoms with van der Waals surface area (Å²) in [6, 6.07) is 0. The molecule has 0 spiro atoms. The Hall–Kier alpha value is -2.43. The topological polar surface area (TPSA) is 69.7 Å². The third-order valence-electron chi connectivity index (χ3n) is 6.07. The van der Waals surface area contributed by atoms with Crippen LogP contribution in [0.2, 0.25) is 0 Å². The zero-order valence-electron chi connectivity index (χ0n) is 18.3. The number of hydrogen-bond donors (Lipinski definition) is 0. The third-order valence-corrected chi connectivity index (χ3v) is 6.07. The first-order chi connectivity index (χ1) is 14.4. The highest BCUT2D eigenvalue weighted by atomic mass is 16.6. The van der Waals surface area contributed by atoms with Crippen LogP contribution in [-0.2, 0) is 23.9 Å². The lowest BCUT2D eigenvalue weighted by Crippen LogP contribution is -2.40. The molecule has 5 heteroatoms. The van der Waals surface area contributed by atoms with Gasteiger partial charge in [0.2, 0.25) is 5.78 Å². The number of rotatable bonds is 11. The summed E-state index contributed by atoms with van der Waals surface area (Å²) in [5, 5.41) is 0. The van der Waals surface area contributed by atoms with Crippen LogP contribution < -0.4 is 0 Å². The fourth-order valence-corrected chi connectivity index (χ4v) is 4.32. The zero-order valence-corrected chi connectivity index (χ0v) is 18.3. The average molecular weight is 413 g/mol. The molecule has 0 radical (unpaired) electrons. The Morgan fingerprint density at radius 2 is 1.60 bits per heavy atom. The largest absolute Gasteiger partial charge is 0.469 e. The predicted molar refractivity (Wildman–Crippen MR) is 114 cm³/mol. The van der Waals surface area contributed by atoms with Gasteiger partial charge in [0.05, 0.1) is 6.26 Å². The van der Waals surface area contributed by atoms with Crippen LogP contribution >= 0.6 is 0 Å². The standard InChI is InChI=1S/C25H32O5/c1-4-5-6-7-8-9-10-11-12-13-20(26)22-23-19-16-29-17(2)14-18(19)15-21(27)25(23,3)30-24(22)28/h14-16H,4-13H2,1-3H3. The van der Waals surface area contributed by atoms with Gasteiger partial charge in [-0.2, -0.15) is 0 Å². The molecular weight excluding hydrogens is 380 g/mol. The molecule has 0 fully saturated rings. The molecule has 5 nitrogen and oxygen atoms in total. The highest BCUT2D eigenvalue weighted by Crippen LogP contribution is 2.46. The minimum atomic E-state index is -1.45. The number of carbonyl (C=O) groups is 3. The number of hydrogen-bond acceptors (Lipinski definition) is 5. The van der Waals surface area contributed by atoms with Crippen LogP contribution in [0.1, 0.15) is 85.0 Å². The van der Waals surface area contributed by atoms with E-state index >= 15 is 0 Å². The van der Waals surface area contributed by atoms with E-state index < -0.39 is 11.6 Å². The number of unbranched alkanes of at least 4 members (excludes halogenated alkanes) is 8. The van der Waals surface area contributed by atoms with Gasteiger partial charge < -0.3 is 9.47 Å². The number of ketones is 2. The maximum Gasteiger partial charge on any atom is 0.343 e. The van der Waals surface area contributed by atoms with E-state index in [1.165, 1.54) is 50.9 Å². The molecule has 0 aromatic carbocycles. The molecule has 0 amide bonds. The first-order valence-electron chi connectivity index (χ1n) is 11.2. The van der Waals surface area contributed by atoms with E-state index in [0.717, 1.165) is 19.3 Å². The fraction of sp³-hybridized carbons (Fsp3) is 0.560. The molecule has 0 saturated heterocycles. The molecule has 2 heterocycles. The highest BCUT2D eigenvalue weighted by Gasteiger charge is 2.54. The smallest absolute Gasteiger partial charge is 0.343 e. The Morgan fingerprint density at radius 1 is 0.967 bits per heavy atom. The molecule has 0 aromatic rings. The molecule has 0 bridgehead atoms. The van der Waals surface area contributed by atoms with Crippen molar-refractivity contribution in [3.8, 4) is 0 Å². The van der Waals surface area contributed by atoms with Crippen molar-refractivity contribution in [2.75, 3.05) is 0 Å². The Morgan fingerprint density at radius 3 is 2.27 bits per heavy atom. The molecule has 3 aliphatic rings. The second-order valence-corrected chi connectivity index (χ2v) is 8.54. The van der Waals surface area contributed by atoms with Gasteiger partial charge in [0.15, 0.2) is 11.4 Å². The van der Waals surface area contributed by atoms with Gasteiger partial charge in [0.25, 0.3) is 0 Å². The first kappa shape index (κ1) is 22.3. The second kappa shape index (κ2) is 9.59. The van der Waals surface area contributed by atoms with Crippen LogP contribution in [0.5, 0.6) is 0 Å². The highest BCUT2D eigenvalue weighted by molar-refractivity contribution is 6.24. The molecule has 0 saturated carbocycles. The van der Waals surface area contributed by atoms with E-state index in [1.807, 2.05) is 0 Å². The molecule has 1 atom stereocenters. The van der Waals surface area contributed by atoms with Crippen molar-refractivity contribution in [1.29, 1.82) is 0 Å². The van der Waals surface area contributed by atoms with Crippen molar-refractivity contribution in [3.05, 3.63) is 46.5 Å². The fourth-order valence-electron chi connectivity index (χ4n) is 4.32. The van der Waals surface area contributed by atoms with Crippen LogP contribution in [-0.4, -0.2) is 23.1 Å². The summed E-state index contributed by atoms with van der Waals surface area (Å²) in [7, 11) is 0. The average Bonchev–Trinajstić information content (AvgIpc) is 2.98. The molecule has 3 rings (SSSR count). The lowest BCUT2D eigenvalue weighted by atomic mass is 9.75. The van der Waals surface area contributed by atoms with Crippen LogP contribution in [0.3, 0.4) is 0 Å². The van der Waals surface area contributed by atoms with Gasteiger partial charge >= 0.3 is 5.97 Å². The summed E-state index contributed by atoms with van der Waals surface area (Å²) >= 11 is 0. The quantitative estimate of drug-likeness (QED) is 0.258. The summed E-state index contributed by atoms with van der Waals surface area (Å²) in [4.78, 5) is 38.2. The van der Waals surface area contributed by atoms with E-state index in [1.54, 1.807) is 19.9 Å². The van der Waals surface area contributed by atoms with Gasteiger partial charge in [-0.3, -0.25) is 9.59 Å². The summed E-state index contributed by atoms with van der Waals surface area (Å²) in [5.41, 5.74) is 0.170. The number of ether oxygens (including phenoxy) is 2. The van der Waals surface area contributed by atoms with Crippen LogP contribution in [0, 0.1) is 0 Å². The van der Waals surface area contributed by atoms with Gasteiger partial charge in [-0.1, -0.05) is 58.3 Å². The molecule has 162 valence electrons. The van der Waals surface area contributed by atoms with Crippen molar-refractivity contribution in [2.45, 2.75) is 90.6 Å². The van der Waals surface area contributed by atoms with Crippen molar-refractivity contribution >= 4 is 17.5 Å². The van der Waals surface area contributed by atoms with Crippen molar-refractivity contribution in [2.24, 2.45) is 0 Å². The second-order valence-electron chi connectivity index (χ2n) is 8.54. The van der Waals surface area contributed by atoms with E-state index in [-0.39, 0.29) is 23.6 Å². The number of fused-ring (bicyclic) bond motifs is 3. The van der Waals surface area contributed by atoms with Crippen LogP contribution in [0.4, 0.5) is 0 Å². The van der Waals surface area contributed by atoms with E-state index in [0.29, 0.717) is 22.5 Å². The molecule has 2 aliphatic heterocycles. The number of allylic oxidation sites excluding steroid dienone is 3. The van der Waals surface area contributed by atoms with Gasteiger partial charge in [-0.05, 0) is 38.0 Å². The SMILES string of the molecule is CCCCCCCCCCCC(=O)C1=C2C3=COC(C)=CC3=CC(=O)C2(C)OC1=O. The Kier molecular flexibility index (Phi) is 7.11. The Balaban J connectivity index is 1.64. The van der Waals surface area contributed by atoms with Crippen molar-refractivity contribution < 1.29 is 23.9 Å². The minimum Gasteiger partial charge on any atom is -0.469 e. The zero-order chi connectivity index (χ0) is 21.7. The summed E-state index contributed by atoms with van der Waals surface area (Å²) in [5.74, 6) is -0.629. The van der Waals surface area contributed by atoms with Gasteiger partial charge in [-0.15, -0.1) is 0 Å². The molecule has 30 heavy (non-hydrogen) atoms. The van der Waals surface area contributed by atoms with Gasteiger partial charge in [0, 0.05) is 17.6 Å². The van der Waals surface area contributed by atoms with Gasteiger partial charge in [0.1, 0.15) is 11.3 Å². The molecular formula is C25H32O5. The maximum atomic E-state index is 12.9. The maximum absolute atomic E-state index is 12.9. The number of esters is 1. The summed E-state index contributed by atoms with van der Waals surface area (Å²) in [6.07, 6.45) is 15.4. The molecule has 1 unspecified atom stereocenters. The Labute approximate surface area is 178 Å². The minimum absolute atomic E-state index is 0.0128.